The van der Waals surface area contributed by atoms with Gasteiger partial charge in [0.05, 0.1) is 15.6 Å². The molecule has 0 unspecified atom stereocenters. The third-order valence-electron chi connectivity index (χ3n) is 2.75. The van der Waals surface area contributed by atoms with Crippen LogP contribution < -0.4 is 16.0 Å². The first kappa shape index (κ1) is 18.9. The number of hydrogen-bond acceptors (Lipinski definition) is 6. The first-order chi connectivity index (χ1) is 11.5. The summed E-state index contributed by atoms with van der Waals surface area (Å²) in [5.41, 5.74) is -0.425. The molecule has 0 saturated carbocycles. The molecule has 0 aromatic heterocycles. The molecule has 9 nitrogen and oxygen atoms in total. The highest BCUT2D eigenvalue weighted by Gasteiger charge is 2.14. The predicted molar refractivity (Wildman–Crippen MR) is 87.1 cm³/mol. The number of anilines is 1. The second kappa shape index (κ2) is 9.81. The number of amides is 2. The van der Waals surface area contributed by atoms with E-state index in [1.165, 1.54) is 18.3 Å². The van der Waals surface area contributed by atoms with E-state index >= 15 is 0 Å². The number of carbonyl (C=O) groups excluding carboxylic acids is 2. The number of non-ortho nitro benzene ring substituents is 1. The highest BCUT2D eigenvalue weighted by molar-refractivity contribution is 6.34. The minimum absolute atomic E-state index is 0.0344. The fraction of sp³-hybridized carbons (Fsp3) is 0.214. The van der Waals surface area contributed by atoms with Crippen molar-refractivity contribution in [3.8, 4) is 6.07 Å². The second-order valence-corrected chi connectivity index (χ2v) is 4.83. The number of rotatable bonds is 9. The Kier molecular flexibility index (Phi) is 7.73. The van der Waals surface area contributed by atoms with Gasteiger partial charge < -0.3 is 16.0 Å². The molecule has 2 amide bonds. The molecule has 0 radical (unpaired) electrons. The number of carbonyl (C=O) groups is 2. The Morgan fingerprint density at radius 3 is 2.71 bits per heavy atom. The van der Waals surface area contributed by atoms with Crippen molar-refractivity contribution >= 4 is 35.3 Å². The zero-order valence-corrected chi connectivity index (χ0v) is 13.2. The average Bonchev–Trinajstić information content (AvgIpc) is 2.56. The maximum Gasteiger partial charge on any atom is 0.271 e. The number of nitriles is 1. The van der Waals surface area contributed by atoms with Gasteiger partial charge in [-0.05, 0) is 12.5 Å². The van der Waals surface area contributed by atoms with Crippen molar-refractivity contribution in [2.24, 2.45) is 0 Å². The number of nitrogens with zero attached hydrogens (tertiary/aromatic N) is 2. The summed E-state index contributed by atoms with van der Waals surface area (Å²) in [5, 5.41) is 27.4. The summed E-state index contributed by atoms with van der Waals surface area (Å²) in [5.74, 6) is -0.751. The van der Waals surface area contributed by atoms with Crippen molar-refractivity contribution in [2.75, 3.05) is 18.4 Å². The molecular weight excluding hydrogens is 338 g/mol. The van der Waals surface area contributed by atoms with Crippen LogP contribution >= 0.6 is 11.6 Å². The summed E-state index contributed by atoms with van der Waals surface area (Å²) in [6, 6.07) is 5.31. The minimum Gasteiger partial charge on any atom is -0.390 e. The lowest BCUT2D eigenvalue weighted by atomic mass is 10.2. The van der Waals surface area contributed by atoms with Crippen molar-refractivity contribution in [1.29, 1.82) is 5.26 Å². The molecule has 0 bridgehead atoms. The highest BCUT2D eigenvalue weighted by Crippen LogP contribution is 2.26. The van der Waals surface area contributed by atoms with Crippen LogP contribution in [0.4, 0.5) is 11.4 Å². The van der Waals surface area contributed by atoms with Crippen LogP contribution in [0.3, 0.4) is 0 Å². The quantitative estimate of drug-likeness (QED) is 0.153. The molecule has 3 N–H and O–H groups in total. The van der Waals surface area contributed by atoms with Gasteiger partial charge in [0.15, 0.2) is 0 Å². The summed E-state index contributed by atoms with van der Waals surface area (Å²) >= 11 is 5.88. The fourth-order valence-corrected chi connectivity index (χ4v) is 1.75. The van der Waals surface area contributed by atoms with Crippen LogP contribution in [-0.2, 0) is 9.59 Å². The van der Waals surface area contributed by atoms with Gasteiger partial charge in [0.1, 0.15) is 11.6 Å². The molecule has 0 saturated heterocycles. The summed E-state index contributed by atoms with van der Waals surface area (Å²) in [4.78, 5) is 32.2. The van der Waals surface area contributed by atoms with Crippen LogP contribution in [-0.4, -0.2) is 30.3 Å². The molecule has 0 heterocycles. The lowest BCUT2D eigenvalue weighted by molar-refractivity contribution is -0.384. The molecule has 0 aliphatic carbocycles. The average molecular weight is 352 g/mol. The zero-order valence-electron chi connectivity index (χ0n) is 12.4. The van der Waals surface area contributed by atoms with Gasteiger partial charge in [-0.2, -0.15) is 5.26 Å². The van der Waals surface area contributed by atoms with Crippen molar-refractivity contribution in [3.63, 3.8) is 0 Å². The number of hydrogen-bond donors (Lipinski definition) is 3. The van der Waals surface area contributed by atoms with E-state index in [9.17, 15) is 19.7 Å². The molecule has 0 aliphatic heterocycles. The maximum atomic E-state index is 12.0. The Balaban J connectivity index is 2.70. The van der Waals surface area contributed by atoms with Crippen LogP contribution in [0.15, 0.2) is 30.0 Å². The smallest absolute Gasteiger partial charge is 0.271 e. The lowest BCUT2D eigenvalue weighted by Gasteiger charge is -2.07. The van der Waals surface area contributed by atoms with E-state index in [1.807, 2.05) is 0 Å². The van der Waals surface area contributed by atoms with Gasteiger partial charge >= 0.3 is 0 Å². The molecule has 1 aromatic carbocycles. The summed E-state index contributed by atoms with van der Waals surface area (Å²) < 4.78 is 0. The maximum absolute atomic E-state index is 12.0. The Morgan fingerprint density at radius 2 is 2.08 bits per heavy atom. The van der Waals surface area contributed by atoms with Gasteiger partial charge in [-0.3, -0.25) is 19.7 Å². The van der Waals surface area contributed by atoms with E-state index in [0.717, 1.165) is 6.07 Å². The van der Waals surface area contributed by atoms with E-state index in [1.54, 1.807) is 6.07 Å². The van der Waals surface area contributed by atoms with Crippen LogP contribution in [0.5, 0.6) is 0 Å². The van der Waals surface area contributed by atoms with Gasteiger partial charge in [0, 0.05) is 31.4 Å². The van der Waals surface area contributed by atoms with E-state index < -0.39 is 10.8 Å². The molecule has 10 heteroatoms. The number of halogens is 1. The summed E-state index contributed by atoms with van der Waals surface area (Å²) in [7, 11) is 0. The van der Waals surface area contributed by atoms with Crippen LogP contribution in [0.1, 0.15) is 6.42 Å². The van der Waals surface area contributed by atoms with Gasteiger partial charge in [0.25, 0.3) is 11.6 Å². The molecule has 126 valence electrons. The van der Waals surface area contributed by atoms with Gasteiger partial charge in [0.2, 0.25) is 6.41 Å². The predicted octanol–water partition coefficient (Wildman–Crippen LogP) is 1.32. The number of nitro benzene ring substituents is 1. The SMILES string of the molecule is N#C/C(=C/NCCCNC=O)C(=O)Nc1cc([N+](=O)[O-])ccc1Cl. The lowest BCUT2D eigenvalue weighted by Crippen LogP contribution is -2.20. The van der Waals surface area contributed by atoms with Crippen molar-refractivity contribution < 1.29 is 14.5 Å². The Labute approximate surface area is 142 Å². The second-order valence-electron chi connectivity index (χ2n) is 4.42. The third kappa shape index (κ3) is 5.94. The van der Waals surface area contributed by atoms with E-state index in [4.69, 9.17) is 16.9 Å². The topological polar surface area (TPSA) is 137 Å². The molecular formula is C14H14ClN5O4. The normalized spacial score (nSPS) is 10.4. The largest absolute Gasteiger partial charge is 0.390 e. The van der Waals surface area contributed by atoms with E-state index in [2.05, 4.69) is 16.0 Å². The molecule has 1 rings (SSSR count). The number of nitrogens with one attached hydrogen (secondary N) is 3. The van der Waals surface area contributed by atoms with Crippen molar-refractivity contribution in [1.82, 2.24) is 10.6 Å². The molecule has 0 aliphatic rings. The Bertz CT molecular complexity index is 699. The first-order valence-electron chi connectivity index (χ1n) is 6.75. The van der Waals surface area contributed by atoms with E-state index in [0.29, 0.717) is 25.9 Å². The molecule has 0 spiro atoms. The van der Waals surface area contributed by atoms with Crippen molar-refractivity contribution in [3.05, 3.63) is 45.1 Å². The molecule has 0 fully saturated rings. The van der Waals surface area contributed by atoms with Gasteiger partial charge in [-0.25, -0.2) is 0 Å². The fourth-order valence-electron chi connectivity index (χ4n) is 1.59. The summed E-state index contributed by atoms with van der Waals surface area (Å²) in [6.45, 7) is 0.901. The number of nitro groups is 1. The van der Waals surface area contributed by atoms with E-state index in [-0.39, 0.29) is 22.0 Å². The highest BCUT2D eigenvalue weighted by atomic mass is 35.5. The van der Waals surface area contributed by atoms with Gasteiger partial charge in [-0.15, -0.1) is 0 Å². The molecule has 0 atom stereocenters. The molecule has 1 aromatic rings. The first-order valence-corrected chi connectivity index (χ1v) is 7.13. The Morgan fingerprint density at radius 1 is 1.38 bits per heavy atom. The zero-order chi connectivity index (χ0) is 17.9. The van der Waals surface area contributed by atoms with Crippen LogP contribution in [0.2, 0.25) is 5.02 Å². The van der Waals surface area contributed by atoms with Gasteiger partial charge in [-0.1, -0.05) is 11.6 Å². The standard InChI is InChI=1S/C14H14ClN5O4/c15-12-3-2-11(20(23)24)6-13(12)19-14(22)10(7-16)8-17-4-1-5-18-9-21/h2-3,6,8-9,17H,1,4-5H2,(H,18,21)(H,19,22)/b10-8-. The van der Waals surface area contributed by atoms with Crippen molar-refractivity contribution in [2.45, 2.75) is 6.42 Å². The minimum atomic E-state index is -0.751. The third-order valence-corrected chi connectivity index (χ3v) is 3.08. The molecule has 24 heavy (non-hydrogen) atoms. The summed E-state index contributed by atoms with van der Waals surface area (Å²) in [6.07, 6.45) is 2.40. The van der Waals surface area contributed by atoms with Crippen LogP contribution in [0, 0.1) is 21.4 Å². The van der Waals surface area contributed by atoms with Crippen LogP contribution in [0.25, 0.3) is 0 Å². The number of benzene rings is 1. The monoisotopic (exact) mass is 351 g/mol. The Hall–Kier alpha value is -3.12.